The van der Waals surface area contributed by atoms with E-state index in [4.69, 9.17) is 32.7 Å². The van der Waals surface area contributed by atoms with Gasteiger partial charge < -0.3 is 14.8 Å². The number of ether oxygens (including phenoxy) is 2. The average molecular weight is 594 g/mol. The number of anilines is 2. The van der Waals surface area contributed by atoms with Gasteiger partial charge in [0.1, 0.15) is 10.6 Å². The zero-order valence-electron chi connectivity index (χ0n) is 20.3. The van der Waals surface area contributed by atoms with Gasteiger partial charge in [0.2, 0.25) is 0 Å². The number of carbonyl (C=O) groups excluding carboxylic acids is 2. The number of methoxy groups -OCH3 is 1. The van der Waals surface area contributed by atoms with E-state index >= 15 is 0 Å². The Kier molecular flexibility index (Phi) is 9.51. The van der Waals surface area contributed by atoms with Crippen LogP contribution in [0.3, 0.4) is 0 Å². The quantitative estimate of drug-likeness (QED) is 0.140. The summed E-state index contributed by atoms with van der Waals surface area (Å²) in [6.45, 7) is 2.72. The van der Waals surface area contributed by atoms with Crippen LogP contribution in [-0.2, 0) is 19.6 Å². The van der Waals surface area contributed by atoms with Gasteiger partial charge >= 0.3 is 5.97 Å². The monoisotopic (exact) mass is 593 g/mol. The van der Waals surface area contributed by atoms with Crippen LogP contribution < -0.4 is 14.4 Å². The maximum Gasteiger partial charge on any atom is 0.338 e. The Bertz CT molecular complexity index is 1530. The van der Waals surface area contributed by atoms with Gasteiger partial charge in [-0.3, -0.25) is 19.2 Å². The number of carbonyl (C=O) groups is 2. The molecule has 204 valence electrons. The summed E-state index contributed by atoms with van der Waals surface area (Å²) < 4.78 is 38.1. The Morgan fingerprint density at radius 1 is 1.10 bits per heavy atom. The number of nitrogens with one attached hydrogen (secondary N) is 1. The molecule has 39 heavy (non-hydrogen) atoms. The molecule has 11 nitrogen and oxygen atoms in total. The minimum Gasteiger partial charge on any atom is -0.495 e. The van der Waals surface area contributed by atoms with E-state index < -0.39 is 33.4 Å². The first-order valence-electron chi connectivity index (χ1n) is 11.0. The molecule has 14 heteroatoms. The van der Waals surface area contributed by atoms with Crippen molar-refractivity contribution in [3.8, 4) is 5.75 Å². The zero-order valence-corrected chi connectivity index (χ0v) is 22.6. The Morgan fingerprint density at radius 2 is 1.79 bits per heavy atom. The van der Waals surface area contributed by atoms with Crippen LogP contribution in [0.15, 0.2) is 78.2 Å². The molecule has 0 unspecified atom stereocenters. The fourth-order valence-electron chi connectivity index (χ4n) is 3.32. The highest BCUT2D eigenvalue weighted by atomic mass is 35.5. The molecule has 0 saturated heterocycles. The Hall–Kier alpha value is -4.13. The van der Waals surface area contributed by atoms with E-state index in [1.807, 2.05) is 0 Å². The predicted octanol–water partition coefficient (Wildman–Crippen LogP) is 5.09. The van der Waals surface area contributed by atoms with Crippen LogP contribution in [0.25, 0.3) is 0 Å². The number of benzene rings is 3. The number of amides is 1. The van der Waals surface area contributed by atoms with Gasteiger partial charge in [0.05, 0.1) is 40.5 Å². The number of halogens is 2. The number of esters is 1. The standard InChI is InChI=1S/C25H21Cl2N3O8S/c1-3-12-29(18-7-5-17(26)6-8-18)39(35,36)23-13-16(4-10-20(23)27)25(32)38-15-24(31)28-21-14-19(30(33)34)9-11-22(21)37-2/h3-11,13-14H,1,12,15H2,2H3,(H,28,31). The van der Waals surface area contributed by atoms with Crippen molar-refractivity contribution in [3.05, 3.63) is 99.0 Å². The van der Waals surface area contributed by atoms with Gasteiger partial charge in [-0.05, 0) is 48.5 Å². The molecule has 0 atom stereocenters. The van der Waals surface area contributed by atoms with Gasteiger partial charge in [0, 0.05) is 17.2 Å². The first-order valence-corrected chi connectivity index (χ1v) is 13.2. The minimum absolute atomic E-state index is 0.00266. The van der Waals surface area contributed by atoms with Crippen molar-refractivity contribution in [2.75, 3.05) is 29.9 Å². The van der Waals surface area contributed by atoms with Crippen molar-refractivity contribution in [1.82, 2.24) is 0 Å². The summed E-state index contributed by atoms with van der Waals surface area (Å²) in [5.41, 5.74) is -0.191. The van der Waals surface area contributed by atoms with Gasteiger partial charge in [-0.15, -0.1) is 6.58 Å². The van der Waals surface area contributed by atoms with Crippen molar-refractivity contribution in [2.24, 2.45) is 0 Å². The smallest absolute Gasteiger partial charge is 0.338 e. The lowest BCUT2D eigenvalue weighted by atomic mass is 10.2. The van der Waals surface area contributed by atoms with Gasteiger partial charge in [0.25, 0.3) is 21.6 Å². The second-order valence-corrected chi connectivity index (χ2v) is 10.4. The van der Waals surface area contributed by atoms with E-state index in [1.54, 1.807) is 0 Å². The van der Waals surface area contributed by atoms with E-state index in [0.717, 1.165) is 16.4 Å². The average Bonchev–Trinajstić information content (AvgIpc) is 2.91. The van der Waals surface area contributed by atoms with Crippen molar-refractivity contribution in [2.45, 2.75) is 4.90 Å². The van der Waals surface area contributed by atoms with Crippen LogP contribution >= 0.6 is 23.2 Å². The van der Waals surface area contributed by atoms with Crippen LogP contribution in [0, 0.1) is 10.1 Å². The number of hydrogen-bond acceptors (Lipinski definition) is 8. The number of nitro groups is 1. The summed E-state index contributed by atoms with van der Waals surface area (Å²) in [6, 6.07) is 13.1. The topological polar surface area (TPSA) is 145 Å². The lowest BCUT2D eigenvalue weighted by molar-refractivity contribution is -0.384. The van der Waals surface area contributed by atoms with Gasteiger partial charge in [-0.1, -0.05) is 29.3 Å². The fraction of sp³-hybridized carbons (Fsp3) is 0.120. The van der Waals surface area contributed by atoms with Crippen LogP contribution in [0.2, 0.25) is 10.0 Å². The molecule has 0 heterocycles. The first kappa shape index (κ1) is 29.4. The Morgan fingerprint density at radius 3 is 2.41 bits per heavy atom. The van der Waals surface area contributed by atoms with E-state index in [-0.39, 0.29) is 44.8 Å². The molecule has 0 spiro atoms. The highest BCUT2D eigenvalue weighted by molar-refractivity contribution is 7.93. The normalized spacial score (nSPS) is 10.8. The largest absolute Gasteiger partial charge is 0.495 e. The summed E-state index contributed by atoms with van der Waals surface area (Å²) in [7, 11) is -2.96. The number of sulfonamides is 1. The molecule has 1 N–H and O–H groups in total. The molecule has 0 aliphatic rings. The van der Waals surface area contributed by atoms with Crippen LogP contribution in [-0.4, -0.2) is 45.5 Å². The highest BCUT2D eigenvalue weighted by Crippen LogP contribution is 2.31. The molecule has 3 rings (SSSR count). The maximum atomic E-state index is 13.5. The molecule has 1 amide bonds. The van der Waals surface area contributed by atoms with E-state index in [9.17, 15) is 28.1 Å². The molecule has 3 aromatic rings. The molecule has 3 aromatic carbocycles. The second-order valence-electron chi connectivity index (χ2n) is 7.71. The number of nitrogens with zero attached hydrogens (tertiary/aromatic N) is 2. The minimum atomic E-state index is -4.28. The SMILES string of the molecule is C=CCN(c1ccc(Cl)cc1)S(=O)(=O)c1cc(C(=O)OCC(=O)Nc2cc([N+](=O)[O-])ccc2OC)ccc1Cl. The van der Waals surface area contributed by atoms with Crippen molar-refractivity contribution in [1.29, 1.82) is 0 Å². The molecule has 0 aliphatic carbocycles. The number of hydrogen-bond donors (Lipinski definition) is 1. The third-order valence-corrected chi connectivity index (χ3v) is 7.67. The number of rotatable bonds is 11. The summed E-state index contributed by atoms with van der Waals surface area (Å²) in [4.78, 5) is 35.0. The number of nitro benzene ring substituents is 1. The molecule has 0 bridgehead atoms. The second kappa shape index (κ2) is 12.6. The first-order chi connectivity index (χ1) is 18.5. The zero-order chi connectivity index (χ0) is 28.7. The fourth-order valence-corrected chi connectivity index (χ4v) is 5.39. The molecule has 0 aliphatic heterocycles. The van der Waals surface area contributed by atoms with Gasteiger partial charge in [-0.25, -0.2) is 13.2 Å². The van der Waals surface area contributed by atoms with Crippen LogP contribution in [0.4, 0.5) is 17.1 Å². The Balaban J connectivity index is 1.79. The van der Waals surface area contributed by atoms with E-state index in [2.05, 4.69) is 11.9 Å². The molecular formula is C25H21Cl2N3O8S. The van der Waals surface area contributed by atoms with Gasteiger partial charge in [0.15, 0.2) is 6.61 Å². The Labute approximate surface area is 233 Å². The third kappa shape index (κ3) is 7.05. The molecular weight excluding hydrogens is 573 g/mol. The van der Waals surface area contributed by atoms with Crippen molar-refractivity contribution in [3.63, 3.8) is 0 Å². The number of non-ortho nitro benzene ring substituents is 1. The molecule has 0 radical (unpaired) electrons. The van der Waals surface area contributed by atoms with E-state index in [1.165, 1.54) is 61.7 Å². The molecule has 0 aromatic heterocycles. The van der Waals surface area contributed by atoms with Crippen molar-refractivity contribution >= 4 is 62.2 Å². The van der Waals surface area contributed by atoms with Crippen LogP contribution in [0.1, 0.15) is 10.4 Å². The highest BCUT2D eigenvalue weighted by Gasteiger charge is 2.28. The summed E-state index contributed by atoms with van der Waals surface area (Å²) in [5, 5.41) is 13.7. The summed E-state index contributed by atoms with van der Waals surface area (Å²) in [6.07, 6.45) is 1.38. The lowest BCUT2D eigenvalue weighted by Gasteiger charge is -2.24. The van der Waals surface area contributed by atoms with Gasteiger partial charge in [-0.2, -0.15) is 0 Å². The third-order valence-electron chi connectivity index (χ3n) is 5.15. The van der Waals surface area contributed by atoms with Crippen molar-refractivity contribution < 1.29 is 32.4 Å². The molecule has 0 saturated carbocycles. The predicted molar refractivity (Wildman–Crippen MR) is 146 cm³/mol. The van der Waals surface area contributed by atoms with Crippen LogP contribution in [0.5, 0.6) is 5.75 Å². The maximum absolute atomic E-state index is 13.5. The van der Waals surface area contributed by atoms with E-state index in [0.29, 0.717) is 5.02 Å². The molecule has 0 fully saturated rings. The lowest BCUT2D eigenvalue weighted by Crippen LogP contribution is -2.31. The summed E-state index contributed by atoms with van der Waals surface area (Å²) >= 11 is 12.1. The summed E-state index contributed by atoms with van der Waals surface area (Å²) in [5.74, 6) is -1.67.